The molecular formula is C18H26BNO3S. The second kappa shape index (κ2) is 6.94. The summed E-state index contributed by atoms with van der Waals surface area (Å²) in [7, 11) is -0.484. The molecule has 0 aromatic heterocycles. The lowest BCUT2D eigenvalue weighted by atomic mass is 9.78. The van der Waals surface area contributed by atoms with Gasteiger partial charge in [0.25, 0.3) is 0 Å². The summed E-state index contributed by atoms with van der Waals surface area (Å²) in [6.45, 7) is 11.6. The average Bonchev–Trinajstić information content (AvgIpc) is 2.67. The number of thioether (sulfide) groups is 1. The van der Waals surface area contributed by atoms with Crippen LogP contribution in [0.1, 0.15) is 45.7 Å². The number of hydrogen-bond donors (Lipinski definition) is 1. The fraction of sp³-hybridized carbons (Fsp3) is 0.500. The van der Waals surface area contributed by atoms with E-state index in [-0.39, 0.29) is 5.12 Å². The molecule has 0 aliphatic carbocycles. The number of anilines is 1. The van der Waals surface area contributed by atoms with E-state index in [9.17, 15) is 4.79 Å². The first kappa shape index (κ1) is 19.1. The zero-order valence-electron chi connectivity index (χ0n) is 15.3. The highest BCUT2D eigenvalue weighted by Gasteiger charge is 2.52. The Morgan fingerprint density at radius 3 is 2.38 bits per heavy atom. The van der Waals surface area contributed by atoms with E-state index in [4.69, 9.17) is 15.0 Å². The molecule has 1 aromatic carbocycles. The molecule has 1 aliphatic heterocycles. The number of carbonyl (C=O) groups excluding carboxylic acids is 1. The highest BCUT2D eigenvalue weighted by atomic mass is 32.2. The molecule has 2 N–H and O–H groups in total. The van der Waals surface area contributed by atoms with E-state index >= 15 is 0 Å². The van der Waals surface area contributed by atoms with Crippen LogP contribution in [0.5, 0.6) is 0 Å². The van der Waals surface area contributed by atoms with Crippen LogP contribution in [0.2, 0.25) is 0 Å². The van der Waals surface area contributed by atoms with Crippen molar-refractivity contribution in [3.63, 3.8) is 0 Å². The predicted molar refractivity (Wildman–Crippen MR) is 103 cm³/mol. The zero-order chi connectivity index (χ0) is 18.1. The molecule has 0 spiro atoms. The molecule has 0 bridgehead atoms. The summed E-state index contributed by atoms with van der Waals surface area (Å²) >= 11 is 1.25. The van der Waals surface area contributed by atoms with Crippen LogP contribution in [-0.4, -0.2) is 29.2 Å². The summed E-state index contributed by atoms with van der Waals surface area (Å²) in [5.74, 6) is 0.513. The van der Waals surface area contributed by atoms with Crippen LogP contribution in [0.4, 0.5) is 5.69 Å². The van der Waals surface area contributed by atoms with Gasteiger partial charge in [-0.25, -0.2) is 0 Å². The molecule has 1 fully saturated rings. The lowest BCUT2D eigenvalue weighted by molar-refractivity contribution is -0.109. The van der Waals surface area contributed by atoms with Crippen molar-refractivity contribution in [1.29, 1.82) is 0 Å². The van der Waals surface area contributed by atoms with Crippen LogP contribution >= 0.6 is 11.8 Å². The lowest BCUT2D eigenvalue weighted by Crippen LogP contribution is -2.41. The minimum atomic E-state index is -0.484. The van der Waals surface area contributed by atoms with Gasteiger partial charge in [0.1, 0.15) is 0 Å². The van der Waals surface area contributed by atoms with Gasteiger partial charge >= 0.3 is 7.12 Å². The third kappa shape index (κ3) is 4.05. The SMILES string of the molecule is CC(=O)SCC(=Cc1cccc(C)c1N)B1OC(C)(C)C(C)(C)O1. The molecular weight excluding hydrogens is 321 g/mol. The van der Waals surface area contributed by atoms with Gasteiger partial charge in [0, 0.05) is 18.4 Å². The topological polar surface area (TPSA) is 61.6 Å². The van der Waals surface area contributed by atoms with Crippen molar-refractivity contribution < 1.29 is 14.1 Å². The number of para-hydroxylation sites is 1. The maximum atomic E-state index is 11.4. The summed E-state index contributed by atoms with van der Waals surface area (Å²) in [4.78, 5) is 11.4. The van der Waals surface area contributed by atoms with Crippen molar-refractivity contribution in [2.75, 3.05) is 11.5 Å². The Kier molecular flexibility index (Phi) is 5.52. The van der Waals surface area contributed by atoms with E-state index in [1.807, 2.05) is 58.9 Å². The maximum absolute atomic E-state index is 11.4. The Hall–Kier alpha value is -1.24. The van der Waals surface area contributed by atoms with Crippen molar-refractivity contribution in [1.82, 2.24) is 0 Å². The number of aryl methyl sites for hydroxylation is 1. The summed E-state index contributed by atoms with van der Waals surface area (Å²) in [6.07, 6.45) is 1.99. The van der Waals surface area contributed by atoms with Gasteiger partial charge in [0.15, 0.2) is 5.12 Å². The fourth-order valence-electron chi connectivity index (χ4n) is 2.39. The Balaban J connectivity index is 2.37. The van der Waals surface area contributed by atoms with Gasteiger partial charge in [0.2, 0.25) is 0 Å². The maximum Gasteiger partial charge on any atom is 0.491 e. The van der Waals surface area contributed by atoms with Crippen molar-refractivity contribution in [2.45, 2.75) is 52.7 Å². The largest absolute Gasteiger partial charge is 0.491 e. The summed E-state index contributed by atoms with van der Waals surface area (Å²) in [6, 6.07) is 5.91. The number of carbonyl (C=O) groups is 1. The van der Waals surface area contributed by atoms with Crippen LogP contribution in [0.25, 0.3) is 6.08 Å². The third-order valence-electron chi connectivity index (χ3n) is 4.70. The lowest BCUT2D eigenvalue weighted by Gasteiger charge is -2.32. The standard InChI is InChI=1S/C18H26BNO3S/c1-12-8-7-9-14(16(12)20)10-15(11-24-13(2)21)19-22-17(3,4)18(5,6)23-19/h7-10H,11,20H2,1-6H3. The Bertz CT molecular complexity index is 654. The van der Waals surface area contributed by atoms with Crippen LogP contribution in [0.3, 0.4) is 0 Å². The summed E-state index contributed by atoms with van der Waals surface area (Å²) < 4.78 is 12.3. The van der Waals surface area contributed by atoms with E-state index in [1.165, 1.54) is 11.8 Å². The first-order valence-corrected chi connectivity index (χ1v) is 9.06. The second-order valence-electron chi connectivity index (χ2n) is 7.17. The monoisotopic (exact) mass is 347 g/mol. The molecule has 0 atom stereocenters. The first-order valence-electron chi connectivity index (χ1n) is 8.08. The minimum Gasteiger partial charge on any atom is -0.400 e. The molecule has 24 heavy (non-hydrogen) atoms. The Labute approximate surface area is 149 Å². The molecule has 0 saturated carbocycles. The normalized spacial score (nSPS) is 19.6. The van der Waals surface area contributed by atoms with Gasteiger partial charge in [-0.3, -0.25) is 4.79 Å². The third-order valence-corrected chi connectivity index (χ3v) is 5.58. The van der Waals surface area contributed by atoms with Crippen molar-refractivity contribution in [3.8, 4) is 0 Å². The summed E-state index contributed by atoms with van der Waals surface area (Å²) in [5, 5.41) is 0.0645. The average molecular weight is 347 g/mol. The van der Waals surface area contributed by atoms with E-state index in [1.54, 1.807) is 6.92 Å². The Morgan fingerprint density at radius 2 is 1.83 bits per heavy atom. The molecule has 6 heteroatoms. The van der Waals surface area contributed by atoms with Crippen LogP contribution < -0.4 is 5.73 Å². The van der Waals surface area contributed by atoms with Gasteiger partial charge in [0.05, 0.1) is 11.2 Å². The smallest absolute Gasteiger partial charge is 0.400 e. The van der Waals surface area contributed by atoms with E-state index in [0.29, 0.717) is 5.75 Å². The number of rotatable bonds is 4. The predicted octanol–water partition coefficient (Wildman–Crippen LogP) is 3.87. The molecule has 4 nitrogen and oxygen atoms in total. The van der Waals surface area contributed by atoms with Gasteiger partial charge < -0.3 is 15.0 Å². The molecule has 0 amide bonds. The second-order valence-corrected chi connectivity index (χ2v) is 8.32. The summed E-state index contributed by atoms with van der Waals surface area (Å²) in [5.41, 5.74) is 8.94. The molecule has 1 saturated heterocycles. The molecule has 1 heterocycles. The van der Waals surface area contributed by atoms with E-state index < -0.39 is 18.3 Å². The van der Waals surface area contributed by atoms with Gasteiger partial charge in [-0.1, -0.05) is 36.0 Å². The van der Waals surface area contributed by atoms with Crippen LogP contribution in [0, 0.1) is 6.92 Å². The van der Waals surface area contributed by atoms with Crippen LogP contribution in [-0.2, 0) is 14.1 Å². The molecule has 2 rings (SSSR count). The van der Waals surface area contributed by atoms with E-state index in [0.717, 1.165) is 22.3 Å². The quantitative estimate of drug-likeness (QED) is 0.662. The molecule has 1 aliphatic rings. The van der Waals surface area contributed by atoms with Crippen molar-refractivity contribution in [2.24, 2.45) is 0 Å². The highest BCUT2D eigenvalue weighted by molar-refractivity contribution is 8.13. The molecule has 130 valence electrons. The minimum absolute atomic E-state index is 0.0645. The number of nitrogen functional groups attached to an aromatic ring is 1. The number of nitrogens with two attached hydrogens (primary N) is 1. The first-order chi connectivity index (χ1) is 11.0. The molecule has 0 radical (unpaired) electrons. The van der Waals surface area contributed by atoms with E-state index in [2.05, 4.69) is 0 Å². The highest BCUT2D eigenvalue weighted by Crippen LogP contribution is 2.39. The van der Waals surface area contributed by atoms with Crippen LogP contribution in [0.15, 0.2) is 23.7 Å². The number of benzene rings is 1. The van der Waals surface area contributed by atoms with Gasteiger partial charge in [-0.05, 0) is 51.2 Å². The van der Waals surface area contributed by atoms with Gasteiger partial charge in [-0.15, -0.1) is 0 Å². The zero-order valence-corrected chi connectivity index (χ0v) is 16.1. The fourth-order valence-corrected chi connectivity index (χ4v) is 2.98. The van der Waals surface area contributed by atoms with Crippen molar-refractivity contribution >= 4 is 35.8 Å². The van der Waals surface area contributed by atoms with Gasteiger partial charge in [-0.2, -0.15) is 0 Å². The Morgan fingerprint density at radius 1 is 1.25 bits per heavy atom. The van der Waals surface area contributed by atoms with Crippen molar-refractivity contribution in [3.05, 3.63) is 34.8 Å². The molecule has 1 aromatic rings. The molecule has 0 unspecified atom stereocenters. The number of hydrogen-bond acceptors (Lipinski definition) is 5.